The van der Waals surface area contributed by atoms with Gasteiger partial charge in [-0.3, -0.25) is 0 Å². The molecule has 0 aromatic carbocycles. The number of hydrogen-bond donors (Lipinski definition) is 1. The highest BCUT2D eigenvalue weighted by Crippen LogP contribution is 2.17. The summed E-state index contributed by atoms with van der Waals surface area (Å²) >= 11 is 0. The van der Waals surface area contributed by atoms with Gasteiger partial charge in [0, 0.05) is 12.1 Å². The Hall–Kier alpha value is -0.120. The molecule has 96 valence electrons. The van der Waals surface area contributed by atoms with Crippen LogP contribution in [0.4, 0.5) is 0 Å². The van der Waals surface area contributed by atoms with E-state index in [4.69, 9.17) is 0 Å². The topological polar surface area (TPSA) is 18.5 Å². The van der Waals surface area contributed by atoms with Gasteiger partial charge in [0.15, 0.2) is 0 Å². The Labute approximate surface area is 101 Å². The minimum Gasteiger partial charge on any atom is -0.317 e. The number of nitrogens with one attached hydrogen (secondary N) is 1. The number of likely N-dealkylation sites (tertiary alicyclic amines) is 1. The van der Waals surface area contributed by atoms with E-state index >= 15 is 0 Å². The van der Waals surface area contributed by atoms with Crippen molar-refractivity contribution in [3.8, 4) is 0 Å². The lowest BCUT2D eigenvalue weighted by Crippen LogP contribution is -2.46. The van der Waals surface area contributed by atoms with Gasteiger partial charge >= 0.3 is 0 Å². The summed E-state index contributed by atoms with van der Waals surface area (Å²) in [5, 5.41) is 3.41. The molecular weight excluding hydrogens is 198 g/mol. The molecule has 1 atom stereocenters. The molecule has 0 bridgehead atoms. The molecule has 3 nitrogen and oxygen atoms in total. The summed E-state index contributed by atoms with van der Waals surface area (Å²) in [7, 11) is 4.41. The zero-order valence-electron chi connectivity index (χ0n) is 11.5. The van der Waals surface area contributed by atoms with Crippen molar-refractivity contribution in [3.05, 3.63) is 0 Å². The lowest BCUT2D eigenvalue weighted by molar-refractivity contribution is 0.111. The molecule has 1 heterocycles. The fraction of sp³-hybridized carbons (Fsp3) is 1.00. The van der Waals surface area contributed by atoms with E-state index in [1.165, 1.54) is 32.4 Å². The Bertz CT molecular complexity index is 174. The number of rotatable bonds is 6. The Morgan fingerprint density at radius 1 is 1.31 bits per heavy atom. The van der Waals surface area contributed by atoms with E-state index in [1.54, 1.807) is 0 Å². The van der Waals surface area contributed by atoms with Crippen LogP contribution in [-0.4, -0.2) is 62.2 Å². The summed E-state index contributed by atoms with van der Waals surface area (Å²) in [5.41, 5.74) is 0. The molecule has 1 aliphatic heterocycles. The summed E-state index contributed by atoms with van der Waals surface area (Å²) in [6, 6.07) is 1.54. The van der Waals surface area contributed by atoms with Crippen molar-refractivity contribution >= 4 is 0 Å². The molecule has 0 saturated carbocycles. The average molecular weight is 227 g/mol. The van der Waals surface area contributed by atoms with Crippen LogP contribution in [0, 0.1) is 0 Å². The summed E-state index contributed by atoms with van der Waals surface area (Å²) in [6.45, 7) is 9.34. The summed E-state index contributed by atoms with van der Waals surface area (Å²) in [4.78, 5) is 5.03. The van der Waals surface area contributed by atoms with Crippen LogP contribution >= 0.6 is 0 Å². The fourth-order valence-electron chi connectivity index (χ4n) is 2.51. The van der Waals surface area contributed by atoms with Crippen molar-refractivity contribution in [3.63, 3.8) is 0 Å². The summed E-state index contributed by atoms with van der Waals surface area (Å²) in [6.07, 6.45) is 3.94. The van der Waals surface area contributed by atoms with E-state index in [9.17, 15) is 0 Å². The van der Waals surface area contributed by atoms with E-state index in [0.717, 1.165) is 25.2 Å². The van der Waals surface area contributed by atoms with Crippen LogP contribution in [0.3, 0.4) is 0 Å². The van der Waals surface area contributed by atoms with Crippen LogP contribution in [0.5, 0.6) is 0 Å². The minimum absolute atomic E-state index is 0.738. The highest BCUT2D eigenvalue weighted by molar-refractivity contribution is 4.80. The minimum atomic E-state index is 0.738. The molecule has 0 aliphatic carbocycles. The normalized spacial score (nSPS) is 21.6. The quantitative estimate of drug-likeness (QED) is 0.692. The van der Waals surface area contributed by atoms with E-state index in [2.05, 4.69) is 43.1 Å². The van der Waals surface area contributed by atoms with Crippen molar-refractivity contribution in [1.82, 2.24) is 15.1 Å². The average Bonchev–Trinajstić information content (AvgIpc) is 2.29. The second-order valence-electron chi connectivity index (χ2n) is 5.22. The molecule has 16 heavy (non-hydrogen) atoms. The molecule has 0 aromatic heterocycles. The third-order valence-corrected chi connectivity index (χ3v) is 3.84. The molecule has 3 heteroatoms. The van der Waals surface area contributed by atoms with Crippen molar-refractivity contribution in [2.24, 2.45) is 0 Å². The van der Waals surface area contributed by atoms with Gasteiger partial charge in [0.1, 0.15) is 0 Å². The third kappa shape index (κ3) is 4.40. The monoisotopic (exact) mass is 227 g/mol. The maximum Gasteiger partial charge on any atom is 0.0113 e. The van der Waals surface area contributed by atoms with Gasteiger partial charge in [-0.25, -0.2) is 0 Å². The first-order valence-corrected chi connectivity index (χ1v) is 6.76. The Morgan fingerprint density at radius 3 is 2.44 bits per heavy atom. The van der Waals surface area contributed by atoms with Crippen LogP contribution in [0.2, 0.25) is 0 Å². The predicted octanol–water partition coefficient (Wildman–Crippen LogP) is 1.40. The summed E-state index contributed by atoms with van der Waals surface area (Å²) < 4.78 is 0. The molecular formula is C13H29N3. The Morgan fingerprint density at radius 2 is 1.94 bits per heavy atom. The largest absolute Gasteiger partial charge is 0.317 e. The first-order chi connectivity index (χ1) is 7.65. The molecule has 0 radical (unpaired) electrons. The van der Waals surface area contributed by atoms with Gasteiger partial charge in [-0.1, -0.05) is 6.92 Å². The molecule has 1 N–H and O–H groups in total. The number of piperidine rings is 1. The van der Waals surface area contributed by atoms with E-state index in [1.807, 2.05) is 0 Å². The standard InChI is InChI=1S/C13H29N3/c1-5-14-9-6-12(2)16-10-7-13(8-11-16)15(3)4/h12-14H,5-11H2,1-4H3. The molecule has 0 amide bonds. The van der Waals surface area contributed by atoms with Crippen molar-refractivity contribution in [1.29, 1.82) is 0 Å². The zero-order valence-corrected chi connectivity index (χ0v) is 11.5. The molecule has 1 saturated heterocycles. The van der Waals surface area contributed by atoms with Gasteiger partial charge < -0.3 is 15.1 Å². The highest BCUT2D eigenvalue weighted by atomic mass is 15.2. The number of nitrogens with zero attached hydrogens (tertiary/aromatic N) is 2. The van der Waals surface area contributed by atoms with E-state index < -0.39 is 0 Å². The predicted molar refractivity (Wildman–Crippen MR) is 70.9 cm³/mol. The third-order valence-electron chi connectivity index (χ3n) is 3.84. The molecule has 1 aliphatic rings. The van der Waals surface area contributed by atoms with Crippen molar-refractivity contribution in [2.75, 3.05) is 40.3 Å². The fourth-order valence-corrected chi connectivity index (χ4v) is 2.51. The maximum atomic E-state index is 3.41. The Balaban J connectivity index is 2.19. The van der Waals surface area contributed by atoms with Gasteiger partial charge in [0.2, 0.25) is 0 Å². The smallest absolute Gasteiger partial charge is 0.0113 e. The van der Waals surface area contributed by atoms with Gasteiger partial charge in [-0.15, -0.1) is 0 Å². The molecule has 1 fully saturated rings. The van der Waals surface area contributed by atoms with Gasteiger partial charge in [-0.05, 0) is 66.5 Å². The Kier molecular flexibility index (Phi) is 6.32. The van der Waals surface area contributed by atoms with Crippen LogP contribution in [0.1, 0.15) is 33.1 Å². The molecule has 0 aromatic rings. The van der Waals surface area contributed by atoms with Crippen LogP contribution in [0.25, 0.3) is 0 Å². The second-order valence-corrected chi connectivity index (χ2v) is 5.22. The lowest BCUT2D eigenvalue weighted by atomic mass is 10.0. The SMILES string of the molecule is CCNCCC(C)N1CCC(N(C)C)CC1. The van der Waals surface area contributed by atoms with Crippen molar-refractivity contribution < 1.29 is 0 Å². The zero-order chi connectivity index (χ0) is 12.0. The van der Waals surface area contributed by atoms with Gasteiger partial charge in [0.05, 0.1) is 0 Å². The molecule has 1 unspecified atom stereocenters. The van der Waals surface area contributed by atoms with Crippen LogP contribution < -0.4 is 5.32 Å². The molecule has 0 spiro atoms. The maximum absolute atomic E-state index is 3.41. The van der Waals surface area contributed by atoms with Gasteiger partial charge in [-0.2, -0.15) is 0 Å². The summed E-state index contributed by atoms with van der Waals surface area (Å²) in [5.74, 6) is 0. The first kappa shape index (κ1) is 13.9. The van der Waals surface area contributed by atoms with Gasteiger partial charge in [0.25, 0.3) is 0 Å². The highest BCUT2D eigenvalue weighted by Gasteiger charge is 2.23. The van der Waals surface area contributed by atoms with E-state index in [0.29, 0.717) is 0 Å². The van der Waals surface area contributed by atoms with Crippen LogP contribution in [-0.2, 0) is 0 Å². The van der Waals surface area contributed by atoms with Crippen LogP contribution in [0.15, 0.2) is 0 Å². The molecule has 1 rings (SSSR count). The first-order valence-electron chi connectivity index (χ1n) is 6.76. The van der Waals surface area contributed by atoms with Crippen molar-refractivity contribution in [2.45, 2.75) is 45.2 Å². The number of hydrogen-bond acceptors (Lipinski definition) is 3. The lowest BCUT2D eigenvalue weighted by Gasteiger charge is -2.38. The van der Waals surface area contributed by atoms with E-state index in [-0.39, 0.29) is 0 Å². The second kappa shape index (κ2) is 7.25.